The first kappa shape index (κ1) is 23.8. The van der Waals surface area contributed by atoms with E-state index < -0.39 is 0 Å². The summed E-state index contributed by atoms with van der Waals surface area (Å²) in [5.41, 5.74) is 1.03. The first-order valence-corrected chi connectivity index (χ1v) is 11.3. The molecular weight excluding hydrogens is 420 g/mol. The average Bonchev–Trinajstić information content (AvgIpc) is 3.36. The normalized spacial score (nSPS) is 11.0. The third kappa shape index (κ3) is 8.87. The molecule has 0 atom stereocenters. The molecular formula is C21H28N4O3S2. The Labute approximate surface area is 185 Å². The minimum absolute atomic E-state index is 0.00643. The maximum Gasteiger partial charge on any atom is 0.301 e. The van der Waals surface area contributed by atoms with Crippen molar-refractivity contribution in [2.75, 3.05) is 10.6 Å². The molecule has 3 rings (SSSR count). The zero-order valence-corrected chi connectivity index (χ0v) is 19.5. The number of hydrogen-bond donors (Lipinski definition) is 2. The second-order valence-electron chi connectivity index (χ2n) is 8.20. The fourth-order valence-corrected chi connectivity index (χ4v) is 3.79. The van der Waals surface area contributed by atoms with Crippen LogP contribution in [0.15, 0.2) is 39.9 Å². The van der Waals surface area contributed by atoms with Gasteiger partial charge in [0.25, 0.3) is 0 Å². The quantitative estimate of drug-likeness (QED) is 0.515. The molecule has 0 radical (unpaired) electrons. The van der Waals surface area contributed by atoms with Crippen molar-refractivity contribution in [2.24, 2.45) is 5.41 Å². The van der Waals surface area contributed by atoms with Gasteiger partial charge in [0.05, 0.1) is 12.6 Å². The highest BCUT2D eigenvalue weighted by Crippen LogP contribution is 2.25. The molecule has 9 heteroatoms. The number of hydrogen-bond acceptors (Lipinski definition) is 7. The van der Waals surface area contributed by atoms with Gasteiger partial charge in [-0.3, -0.25) is 14.9 Å². The number of oxazole rings is 1. The van der Waals surface area contributed by atoms with Crippen LogP contribution >= 0.6 is 22.7 Å². The molecule has 3 heterocycles. The lowest BCUT2D eigenvalue weighted by atomic mass is 9.92. The third-order valence-electron chi connectivity index (χ3n) is 3.65. The number of thiazole rings is 1. The van der Waals surface area contributed by atoms with Crippen molar-refractivity contribution in [3.63, 3.8) is 0 Å². The van der Waals surface area contributed by atoms with Crippen molar-refractivity contribution in [1.82, 2.24) is 9.97 Å². The van der Waals surface area contributed by atoms with Gasteiger partial charge in [0.15, 0.2) is 5.13 Å². The number of thiophene rings is 1. The average molecular weight is 449 g/mol. The standard InChI is InChI=1S/C12H14N2OS2.C9H14N2O2/c1-8(2)10-6-13-12(17-10)14-11(15)5-9-3-4-16-7-9;1-9(2,3)6-7(12)11-8-10-4-5-13-8/h3-4,6-8H,5H2,1-2H3,(H,13,14,15);4-5H,6H2,1-3H3,(H,10,11,12). The summed E-state index contributed by atoms with van der Waals surface area (Å²) >= 11 is 3.14. The molecule has 3 aromatic heterocycles. The van der Waals surface area contributed by atoms with Crippen LogP contribution in [-0.4, -0.2) is 21.8 Å². The Kier molecular flexibility index (Phi) is 8.73. The maximum absolute atomic E-state index is 11.7. The summed E-state index contributed by atoms with van der Waals surface area (Å²) in [4.78, 5) is 32.2. The van der Waals surface area contributed by atoms with Crippen molar-refractivity contribution in [1.29, 1.82) is 0 Å². The lowest BCUT2D eigenvalue weighted by Gasteiger charge is -2.16. The number of nitrogens with one attached hydrogen (secondary N) is 2. The molecule has 0 aromatic carbocycles. The predicted molar refractivity (Wildman–Crippen MR) is 122 cm³/mol. The SMILES string of the molecule is CC(C)(C)CC(=O)Nc1ncco1.CC(C)c1cnc(NC(=O)Cc2ccsc2)s1. The number of nitrogens with zero attached hydrogens (tertiary/aromatic N) is 2. The van der Waals surface area contributed by atoms with Gasteiger partial charge in [-0.05, 0) is 33.7 Å². The number of aromatic nitrogens is 2. The molecule has 2 N–H and O–H groups in total. The molecule has 0 fully saturated rings. The number of carbonyl (C=O) groups is 2. The van der Waals surface area contributed by atoms with E-state index in [-0.39, 0.29) is 23.2 Å². The van der Waals surface area contributed by atoms with Gasteiger partial charge >= 0.3 is 6.01 Å². The Morgan fingerprint density at radius 2 is 1.93 bits per heavy atom. The Balaban J connectivity index is 0.000000222. The summed E-state index contributed by atoms with van der Waals surface area (Å²) in [6.07, 6.45) is 5.62. The van der Waals surface area contributed by atoms with Crippen LogP contribution in [0, 0.1) is 5.41 Å². The molecule has 0 bridgehead atoms. The first-order chi connectivity index (χ1) is 14.1. The smallest absolute Gasteiger partial charge is 0.301 e. The Morgan fingerprint density at radius 1 is 1.17 bits per heavy atom. The van der Waals surface area contributed by atoms with Crippen LogP contribution in [0.5, 0.6) is 0 Å². The van der Waals surface area contributed by atoms with Crippen molar-refractivity contribution in [3.05, 3.63) is 45.9 Å². The van der Waals surface area contributed by atoms with E-state index in [9.17, 15) is 9.59 Å². The zero-order chi connectivity index (χ0) is 22.1. The topological polar surface area (TPSA) is 97.1 Å². The summed E-state index contributed by atoms with van der Waals surface area (Å²) < 4.78 is 4.88. The maximum atomic E-state index is 11.7. The molecule has 0 aliphatic carbocycles. The third-order valence-corrected chi connectivity index (χ3v) is 5.60. The monoisotopic (exact) mass is 448 g/mol. The van der Waals surface area contributed by atoms with Crippen molar-refractivity contribution in [3.8, 4) is 0 Å². The molecule has 0 spiro atoms. The van der Waals surface area contributed by atoms with E-state index >= 15 is 0 Å². The second-order valence-corrected chi connectivity index (χ2v) is 10.0. The highest BCUT2D eigenvalue weighted by molar-refractivity contribution is 7.15. The van der Waals surface area contributed by atoms with Crippen LogP contribution < -0.4 is 10.6 Å². The van der Waals surface area contributed by atoms with Gasteiger partial charge in [0, 0.05) is 17.5 Å². The minimum atomic E-state index is -0.0741. The highest BCUT2D eigenvalue weighted by atomic mass is 32.1. The lowest BCUT2D eigenvalue weighted by molar-refractivity contribution is -0.118. The molecule has 0 aliphatic heterocycles. The predicted octanol–water partition coefficient (Wildman–Crippen LogP) is 5.56. The second kappa shape index (κ2) is 11.0. The van der Waals surface area contributed by atoms with E-state index in [2.05, 4.69) is 34.4 Å². The Hall–Kier alpha value is -2.52. The van der Waals surface area contributed by atoms with Crippen molar-refractivity contribution < 1.29 is 14.0 Å². The minimum Gasteiger partial charge on any atom is -0.432 e. The molecule has 2 amide bonds. The Morgan fingerprint density at radius 3 is 2.47 bits per heavy atom. The molecule has 0 saturated carbocycles. The zero-order valence-electron chi connectivity index (χ0n) is 17.9. The van der Waals surface area contributed by atoms with Crippen molar-refractivity contribution in [2.45, 2.75) is 53.4 Å². The summed E-state index contributed by atoms with van der Waals surface area (Å²) in [6, 6.07) is 2.22. The largest absolute Gasteiger partial charge is 0.432 e. The molecule has 0 saturated heterocycles. The van der Waals surface area contributed by atoms with E-state index in [0.717, 1.165) is 5.56 Å². The van der Waals surface area contributed by atoms with Crippen LogP contribution in [0.4, 0.5) is 11.1 Å². The van der Waals surface area contributed by atoms with E-state index in [1.54, 1.807) is 22.7 Å². The lowest BCUT2D eigenvalue weighted by Crippen LogP contribution is -2.19. The van der Waals surface area contributed by atoms with Gasteiger partial charge in [0.2, 0.25) is 11.8 Å². The summed E-state index contributed by atoms with van der Waals surface area (Å²) in [5, 5.41) is 10.0. The fraction of sp³-hybridized carbons (Fsp3) is 0.429. The van der Waals surface area contributed by atoms with E-state index in [4.69, 9.17) is 4.42 Å². The van der Waals surface area contributed by atoms with Crippen molar-refractivity contribution >= 4 is 45.6 Å². The molecule has 3 aromatic rings. The number of amides is 2. The first-order valence-electron chi connectivity index (χ1n) is 9.58. The fourth-order valence-electron chi connectivity index (χ4n) is 2.28. The molecule has 7 nitrogen and oxygen atoms in total. The molecule has 30 heavy (non-hydrogen) atoms. The summed E-state index contributed by atoms with van der Waals surface area (Å²) in [6.45, 7) is 10.2. The Bertz CT molecular complexity index is 911. The van der Waals surface area contributed by atoms with Gasteiger partial charge in [-0.15, -0.1) is 11.3 Å². The van der Waals surface area contributed by atoms with E-state index in [1.807, 2.05) is 43.8 Å². The highest BCUT2D eigenvalue weighted by Gasteiger charge is 2.16. The van der Waals surface area contributed by atoms with Crippen LogP contribution in [0.3, 0.4) is 0 Å². The summed E-state index contributed by atoms with van der Waals surface area (Å²) in [7, 11) is 0. The van der Waals surface area contributed by atoms with Gasteiger partial charge in [0.1, 0.15) is 6.26 Å². The molecule has 0 unspecified atom stereocenters. The van der Waals surface area contributed by atoms with Gasteiger partial charge in [-0.1, -0.05) is 34.6 Å². The van der Waals surface area contributed by atoms with Gasteiger partial charge in [-0.2, -0.15) is 11.3 Å². The number of anilines is 2. The van der Waals surface area contributed by atoms with Crippen LogP contribution in [0.25, 0.3) is 0 Å². The van der Waals surface area contributed by atoms with Gasteiger partial charge < -0.3 is 9.73 Å². The van der Waals surface area contributed by atoms with E-state index in [1.165, 1.54) is 17.3 Å². The van der Waals surface area contributed by atoms with Crippen LogP contribution in [-0.2, 0) is 16.0 Å². The number of rotatable bonds is 6. The van der Waals surface area contributed by atoms with Gasteiger partial charge in [-0.25, -0.2) is 9.97 Å². The molecule has 0 aliphatic rings. The molecule has 162 valence electrons. The van der Waals surface area contributed by atoms with Crippen LogP contribution in [0.2, 0.25) is 0 Å². The number of carbonyl (C=O) groups excluding carboxylic acids is 2. The van der Waals surface area contributed by atoms with E-state index in [0.29, 0.717) is 23.9 Å². The summed E-state index contributed by atoms with van der Waals surface area (Å²) in [5.74, 6) is 0.373. The van der Waals surface area contributed by atoms with Crippen LogP contribution in [0.1, 0.15) is 57.4 Å².